The van der Waals surface area contributed by atoms with E-state index < -0.39 is 18.2 Å². The maximum atomic E-state index is 13.1. The minimum Gasteiger partial charge on any atom is -0.458 e. The summed E-state index contributed by atoms with van der Waals surface area (Å²) < 4.78 is 5.79. The highest BCUT2D eigenvalue weighted by Gasteiger charge is 2.23. The second kappa shape index (κ2) is 41.2. The zero-order valence-electron chi connectivity index (χ0n) is 35.1. The normalized spacial score (nSPS) is 13.7. The third kappa shape index (κ3) is 36.8. The summed E-state index contributed by atoms with van der Waals surface area (Å²) in [4.78, 5) is 25.9. The standard InChI is InChI=1S/C47H87NO5/c1-4-7-10-13-16-19-21-22-23-25-28-31-34-37-40-47(52)53-43(38-35-32-29-27-24-20-17-14-11-8-5-2)41-46(51)48-44(42-49)45(50)39-36-33-30-26-18-15-12-9-6-3/h23,25,27,29,35,38,43-45,49-50H,4-22,24,26,28,30-34,36-37,39-42H2,1-3H3,(H,48,51)/b25-23-,29-27-,38-35+. The Morgan fingerprint density at radius 1 is 0.566 bits per heavy atom. The summed E-state index contributed by atoms with van der Waals surface area (Å²) in [5.41, 5.74) is 0. The summed E-state index contributed by atoms with van der Waals surface area (Å²) in [7, 11) is 0. The molecule has 0 aliphatic heterocycles. The van der Waals surface area contributed by atoms with Gasteiger partial charge in [-0.3, -0.25) is 9.59 Å². The van der Waals surface area contributed by atoms with Crippen molar-refractivity contribution in [3.05, 3.63) is 36.5 Å². The average Bonchev–Trinajstić information content (AvgIpc) is 3.15. The topological polar surface area (TPSA) is 95.9 Å². The van der Waals surface area contributed by atoms with E-state index in [1.54, 1.807) is 0 Å². The Labute approximate surface area is 328 Å². The molecule has 0 aromatic rings. The van der Waals surface area contributed by atoms with Gasteiger partial charge in [0.15, 0.2) is 0 Å². The molecule has 1 amide bonds. The van der Waals surface area contributed by atoms with E-state index in [0.717, 1.165) is 57.8 Å². The van der Waals surface area contributed by atoms with Gasteiger partial charge in [0.1, 0.15) is 6.10 Å². The molecule has 3 N–H and O–H groups in total. The van der Waals surface area contributed by atoms with E-state index in [0.29, 0.717) is 19.3 Å². The van der Waals surface area contributed by atoms with Crippen LogP contribution >= 0.6 is 0 Å². The molecule has 6 heteroatoms. The first-order valence-corrected chi connectivity index (χ1v) is 22.7. The van der Waals surface area contributed by atoms with Crippen LogP contribution in [0.5, 0.6) is 0 Å². The van der Waals surface area contributed by atoms with Crippen molar-refractivity contribution >= 4 is 11.9 Å². The van der Waals surface area contributed by atoms with Crippen LogP contribution in [0, 0.1) is 0 Å². The maximum Gasteiger partial charge on any atom is 0.306 e. The maximum absolute atomic E-state index is 13.1. The molecule has 53 heavy (non-hydrogen) atoms. The fourth-order valence-corrected chi connectivity index (χ4v) is 6.68. The van der Waals surface area contributed by atoms with Gasteiger partial charge in [-0.15, -0.1) is 0 Å². The minimum absolute atomic E-state index is 0.0332. The van der Waals surface area contributed by atoms with Crippen LogP contribution in [-0.2, 0) is 14.3 Å². The quantitative estimate of drug-likeness (QED) is 0.0330. The van der Waals surface area contributed by atoms with Gasteiger partial charge in [-0.25, -0.2) is 0 Å². The van der Waals surface area contributed by atoms with Crippen LogP contribution in [-0.4, -0.2) is 46.9 Å². The second-order valence-electron chi connectivity index (χ2n) is 15.4. The molecule has 0 fully saturated rings. The number of unbranched alkanes of at least 4 members (excludes halogenated alkanes) is 24. The number of rotatable bonds is 40. The number of nitrogens with one attached hydrogen (secondary N) is 1. The number of ether oxygens (including phenoxy) is 1. The molecule has 3 atom stereocenters. The van der Waals surface area contributed by atoms with Crippen LogP contribution in [0.25, 0.3) is 0 Å². The van der Waals surface area contributed by atoms with Gasteiger partial charge in [-0.1, -0.05) is 186 Å². The van der Waals surface area contributed by atoms with Gasteiger partial charge in [0.05, 0.1) is 25.2 Å². The molecular formula is C47H87NO5. The molecule has 0 heterocycles. The van der Waals surface area contributed by atoms with Gasteiger partial charge >= 0.3 is 5.97 Å². The monoisotopic (exact) mass is 746 g/mol. The lowest BCUT2D eigenvalue weighted by atomic mass is 10.0. The molecule has 0 saturated heterocycles. The number of aliphatic hydroxyl groups excluding tert-OH is 2. The Bertz CT molecular complexity index is 884. The Balaban J connectivity index is 4.69. The number of hydrogen-bond acceptors (Lipinski definition) is 5. The van der Waals surface area contributed by atoms with E-state index in [1.165, 1.54) is 122 Å². The number of amides is 1. The van der Waals surface area contributed by atoms with Crippen LogP contribution in [0.3, 0.4) is 0 Å². The Morgan fingerprint density at radius 3 is 1.49 bits per heavy atom. The summed E-state index contributed by atoms with van der Waals surface area (Å²) in [5, 5.41) is 23.5. The summed E-state index contributed by atoms with van der Waals surface area (Å²) in [6, 6.07) is -0.730. The highest BCUT2D eigenvalue weighted by atomic mass is 16.5. The summed E-state index contributed by atoms with van der Waals surface area (Å²) in [6.07, 6.45) is 46.7. The summed E-state index contributed by atoms with van der Waals surface area (Å²) in [6.45, 7) is 6.40. The third-order valence-corrected chi connectivity index (χ3v) is 10.2. The molecule has 0 bridgehead atoms. The molecule has 0 radical (unpaired) electrons. The highest BCUT2D eigenvalue weighted by Crippen LogP contribution is 2.15. The number of esters is 1. The largest absolute Gasteiger partial charge is 0.458 e. The molecule has 0 saturated carbocycles. The Morgan fingerprint density at radius 2 is 1.00 bits per heavy atom. The molecule has 310 valence electrons. The SMILES string of the molecule is CCCCCCCC/C=C\C/C=C/C(CC(=O)NC(CO)C(O)CCCCCCCCCCC)OC(=O)CCCCC/C=C\CCCCCCCCC. The first kappa shape index (κ1) is 51.1. The Kier molecular flexibility index (Phi) is 39.8. The molecule has 0 spiro atoms. The smallest absolute Gasteiger partial charge is 0.306 e. The van der Waals surface area contributed by atoms with E-state index in [-0.39, 0.29) is 24.9 Å². The van der Waals surface area contributed by atoms with Crippen molar-refractivity contribution in [2.75, 3.05) is 6.61 Å². The van der Waals surface area contributed by atoms with E-state index in [1.807, 2.05) is 12.2 Å². The van der Waals surface area contributed by atoms with Gasteiger partial charge in [-0.2, -0.15) is 0 Å². The van der Waals surface area contributed by atoms with Gasteiger partial charge < -0.3 is 20.3 Å². The van der Waals surface area contributed by atoms with Gasteiger partial charge in [0.2, 0.25) is 5.91 Å². The van der Waals surface area contributed by atoms with Crippen molar-refractivity contribution in [1.82, 2.24) is 5.32 Å². The number of carbonyl (C=O) groups is 2. The zero-order valence-corrected chi connectivity index (χ0v) is 35.1. The van der Waals surface area contributed by atoms with Crippen LogP contribution < -0.4 is 5.32 Å². The van der Waals surface area contributed by atoms with Crippen LogP contribution in [0.1, 0.15) is 226 Å². The lowest BCUT2D eigenvalue weighted by molar-refractivity contribution is -0.148. The third-order valence-electron chi connectivity index (χ3n) is 10.2. The van der Waals surface area contributed by atoms with Crippen molar-refractivity contribution in [1.29, 1.82) is 0 Å². The van der Waals surface area contributed by atoms with E-state index >= 15 is 0 Å². The minimum atomic E-state index is -0.808. The van der Waals surface area contributed by atoms with Crippen molar-refractivity contribution in [2.45, 2.75) is 244 Å². The fraction of sp³-hybridized carbons (Fsp3) is 0.830. The highest BCUT2D eigenvalue weighted by molar-refractivity contribution is 5.78. The number of hydrogen-bond donors (Lipinski definition) is 3. The van der Waals surface area contributed by atoms with Crippen LogP contribution in [0.15, 0.2) is 36.5 Å². The van der Waals surface area contributed by atoms with E-state index in [2.05, 4.69) is 50.4 Å². The first-order valence-electron chi connectivity index (χ1n) is 22.7. The van der Waals surface area contributed by atoms with Gasteiger partial charge in [-0.05, 0) is 63.9 Å². The lowest BCUT2D eigenvalue weighted by Gasteiger charge is -2.23. The van der Waals surface area contributed by atoms with Crippen molar-refractivity contribution in [3.63, 3.8) is 0 Å². The predicted molar refractivity (Wildman–Crippen MR) is 227 cm³/mol. The first-order chi connectivity index (χ1) is 26.0. The predicted octanol–water partition coefficient (Wildman–Crippen LogP) is 12.9. The molecule has 0 aliphatic rings. The van der Waals surface area contributed by atoms with E-state index in [4.69, 9.17) is 4.74 Å². The van der Waals surface area contributed by atoms with E-state index in [9.17, 15) is 19.8 Å². The average molecular weight is 746 g/mol. The lowest BCUT2D eigenvalue weighted by Crippen LogP contribution is -2.46. The summed E-state index contributed by atoms with van der Waals surface area (Å²) >= 11 is 0. The van der Waals surface area contributed by atoms with Crippen LogP contribution in [0.2, 0.25) is 0 Å². The van der Waals surface area contributed by atoms with Crippen molar-refractivity contribution < 1.29 is 24.5 Å². The Hall–Kier alpha value is -1.92. The molecule has 0 aliphatic carbocycles. The van der Waals surface area contributed by atoms with Crippen LogP contribution in [0.4, 0.5) is 0 Å². The number of aliphatic hydroxyl groups is 2. The van der Waals surface area contributed by atoms with Gasteiger partial charge in [0, 0.05) is 6.42 Å². The second-order valence-corrected chi connectivity index (χ2v) is 15.4. The molecule has 3 unspecified atom stereocenters. The molecule has 0 aromatic carbocycles. The fourth-order valence-electron chi connectivity index (χ4n) is 6.68. The zero-order chi connectivity index (χ0) is 38.9. The molecule has 0 rings (SSSR count). The summed E-state index contributed by atoms with van der Waals surface area (Å²) in [5.74, 6) is -0.621. The number of allylic oxidation sites excluding steroid dienone is 5. The molecule has 6 nitrogen and oxygen atoms in total. The number of carbonyl (C=O) groups excluding carboxylic acids is 2. The molecular weight excluding hydrogens is 659 g/mol. The van der Waals surface area contributed by atoms with Crippen molar-refractivity contribution in [3.8, 4) is 0 Å². The van der Waals surface area contributed by atoms with Gasteiger partial charge in [0.25, 0.3) is 0 Å². The molecule has 0 aromatic heterocycles. The van der Waals surface area contributed by atoms with Crippen molar-refractivity contribution in [2.24, 2.45) is 0 Å².